The van der Waals surface area contributed by atoms with E-state index in [1.165, 1.54) is 360 Å². The topological polar surface area (TPSA) is 78.9 Å². The van der Waals surface area contributed by atoms with E-state index in [-0.39, 0.29) is 31.1 Å². The molecule has 0 heterocycles. The molecule has 1 unspecified atom stereocenters. The molecule has 0 rings (SSSR count). The molecule has 0 amide bonds. The Morgan fingerprint density at radius 1 is 0.193 bits per heavy atom. The second kappa shape index (κ2) is 72.9. The Hall–Kier alpha value is -1.59. The Morgan fingerprint density at radius 2 is 0.325 bits per heavy atom. The number of hydrogen-bond acceptors (Lipinski definition) is 6. The fourth-order valence-electron chi connectivity index (χ4n) is 12.3. The predicted molar refractivity (Wildman–Crippen MR) is 363 cm³/mol. The maximum atomic E-state index is 13.0. The zero-order valence-electron chi connectivity index (χ0n) is 57.0. The lowest BCUT2D eigenvalue weighted by Crippen LogP contribution is -2.30. The average Bonchev–Trinajstić information content (AvgIpc) is 3.49. The van der Waals surface area contributed by atoms with Gasteiger partial charge in [0.05, 0.1) is 0 Å². The molecule has 0 spiro atoms. The maximum absolute atomic E-state index is 13.0. The highest BCUT2D eigenvalue weighted by atomic mass is 16.6. The van der Waals surface area contributed by atoms with Gasteiger partial charge in [0.15, 0.2) is 6.10 Å². The molecule has 0 saturated carbocycles. The first-order chi connectivity index (χ1) is 41.0. The van der Waals surface area contributed by atoms with Crippen molar-refractivity contribution in [1.82, 2.24) is 0 Å². The van der Waals surface area contributed by atoms with E-state index in [1.807, 2.05) is 0 Å². The van der Waals surface area contributed by atoms with Crippen LogP contribution in [0.15, 0.2) is 0 Å². The molecule has 0 radical (unpaired) electrons. The van der Waals surface area contributed by atoms with E-state index in [9.17, 15) is 14.4 Å². The minimum atomic E-state index is -0.764. The van der Waals surface area contributed by atoms with Crippen molar-refractivity contribution in [2.45, 2.75) is 463 Å². The molecule has 0 fully saturated rings. The summed E-state index contributed by atoms with van der Waals surface area (Å²) in [5, 5.41) is 0. The van der Waals surface area contributed by atoms with Crippen LogP contribution in [0.1, 0.15) is 457 Å². The van der Waals surface area contributed by atoms with Crippen LogP contribution in [0.25, 0.3) is 0 Å². The van der Waals surface area contributed by atoms with Crippen molar-refractivity contribution < 1.29 is 28.6 Å². The van der Waals surface area contributed by atoms with Crippen LogP contribution in [-0.4, -0.2) is 37.2 Å². The van der Waals surface area contributed by atoms with Crippen molar-refractivity contribution in [3.63, 3.8) is 0 Å². The smallest absolute Gasteiger partial charge is 0.306 e. The van der Waals surface area contributed by atoms with E-state index in [1.54, 1.807) is 0 Å². The first-order valence-electron chi connectivity index (χ1n) is 38.5. The summed E-state index contributed by atoms with van der Waals surface area (Å²) in [4.78, 5) is 38.5. The van der Waals surface area contributed by atoms with Gasteiger partial charge in [0.25, 0.3) is 0 Å². The Kier molecular flexibility index (Phi) is 71.5. The number of hydrogen-bond donors (Lipinski definition) is 0. The van der Waals surface area contributed by atoms with Gasteiger partial charge in [0.1, 0.15) is 13.2 Å². The summed E-state index contributed by atoms with van der Waals surface area (Å²) < 4.78 is 17.0. The van der Waals surface area contributed by atoms with E-state index in [0.717, 1.165) is 57.8 Å². The summed E-state index contributed by atoms with van der Waals surface area (Å²) in [6, 6.07) is 0. The third-order valence-corrected chi connectivity index (χ3v) is 18.1. The van der Waals surface area contributed by atoms with Crippen molar-refractivity contribution in [3.05, 3.63) is 0 Å². The van der Waals surface area contributed by atoms with Gasteiger partial charge in [-0.05, 0) is 19.3 Å². The molecule has 0 bridgehead atoms. The first kappa shape index (κ1) is 81.4. The Morgan fingerprint density at radius 3 is 0.482 bits per heavy atom. The van der Waals surface area contributed by atoms with Gasteiger partial charge >= 0.3 is 17.9 Å². The molecule has 83 heavy (non-hydrogen) atoms. The van der Waals surface area contributed by atoms with Gasteiger partial charge in [-0.3, -0.25) is 14.4 Å². The maximum Gasteiger partial charge on any atom is 0.306 e. The Bertz CT molecular complexity index is 1250. The molecule has 0 aromatic heterocycles. The highest BCUT2D eigenvalue weighted by Gasteiger charge is 2.20. The first-order valence-corrected chi connectivity index (χ1v) is 38.5. The number of esters is 3. The normalized spacial score (nSPS) is 11.9. The number of carbonyl (C=O) groups is 3. The summed E-state index contributed by atoms with van der Waals surface area (Å²) >= 11 is 0. The molecule has 1 atom stereocenters. The van der Waals surface area contributed by atoms with Crippen molar-refractivity contribution >= 4 is 17.9 Å². The van der Waals surface area contributed by atoms with Gasteiger partial charge < -0.3 is 14.2 Å². The molecule has 0 aromatic carbocycles. The van der Waals surface area contributed by atoms with E-state index < -0.39 is 6.10 Å². The summed E-state index contributed by atoms with van der Waals surface area (Å²) in [6.45, 7) is 6.75. The third-order valence-electron chi connectivity index (χ3n) is 18.1. The SMILES string of the molecule is CCCCCCCCCCCCCCCCCCCCCCCCCCCCCCCCCCC(=O)OCC(COC(=O)CCCCCCCCCCCCCCCCCC)OC(=O)CCCCCCCCCCCCCCCCCCC. The van der Waals surface area contributed by atoms with Gasteiger partial charge in [0, 0.05) is 19.3 Å². The van der Waals surface area contributed by atoms with E-state index in [0.29, 0.717) is 19.3 Å². The zero-order valence-corrected chi connectivity index (χ0v) is 57.0. The largest absolute Gasteiger partial charge is 0.462 e. The van der Waals surface area contributed by atoms with Crippen molar-refractivity contribution in [2.24, 2.45) is 0 Å². The molecule has 6 nitrogen and oxygen atoms in total. The van der Waals surface area contributed by atoms with Crippen LogP contribution in [0.5, 0.6) is 0 Å². The van der Waals surface area contributed by atoms with Crippen LogP contribution >= 0.6 is 0 Å². The highest BCUT2D eigenvalue weighted by Crippen LogP contribution is 2.20. The van der Waals surface area contributed by atoms with Gasteiger partial charge in [-0.1, -0.05) is 419 Å². The number of unbranched alkanes of at least 4 members (excludes halogenated alkanes) is 62. The summed E-state index contributed by atoms with van der Waals surface area (Å²) in [5.41, 5.74) is 0. The molecule has 0 aliphatic heterocycles. The fourth-order valence-corrected chi connectivity index (χ4v) is 12.3. The minimum absolute atomic E-state index is 0.0599. The molecule has 6 heteroatoms. The van der Waals surface area contributed by atoms with Crippen LogP contribution in [0, 0.1) is 0 Å². The third kappa shape index (κ3) is 71.1. The zero-order chi connectivity index (χ0) is 59.9. The number of ether oxygens (including phenoxy) is 3. The summed E-state index contributed by atoms with van der Waals surface area (Å²) in [5.74, 6) is -0.816. The summed E-state index contributed by atoms with van der Waals surface area (Å²) in [6.07, 6.45) is 87.4. The lowest BCUT2D eigenvalue weighted by atomic mass is 10.0. The molecule has 0 saturated heterocycles. The van der Waals surface area contributed by atoms with Crippen molar-refractivity contribution in [3.8, 4) is 0 Å². The number of rotatable bonds is 73. The van der Waals surface area contributed by atoms with Crippen LogP contribution in [0.4, 0.5) is 0 Å². The van der Waals surface area contributed by atoms with E-state index in [2.05, 4.69) is 20.8 Å². The van der Waals surface area contributed by atoms with Gasteiger partial charge in [-0.25, -0.2) is 0 Å². The van der Waals surface area contributed by atoms with E-state index in [4.69, 9.17) is 14.2 Å². The molecule has 494 valence electrons. The van der Waals surface area contributed by atoms with E-state index >= 15 is 0 Å². The average molecular weight is 1170 g/mol. The second-order valence-corrected chi connectivity index (χ2v) is 26.6. The monoisotopic (exact) mass is 1170 g/mol. The van der Waals surface area contributed by atoms with Crippen LogP contribution in [0.2, 0.25) is 0 Å². The van der Waals surface area contributed by atoms with Crippen LogP contribution < -0.4 is 0 Å². The molecule has 0 aliphatic carbocycles. The molecular formula is C77H150O6. The standard InChI is InChI=1S/C77H150O6/c1-4-7-10-13-16-19-22-25-28-31-32-33-34-35-36-37-38-39-40-41-42-43-44-45-47-49-52-55-58-61-64-67-70-76(79)82-73-74(72-81-75(78)69-66-63-60-57-54-51-48-30-27-24-21-18-15-12-9-6-3)83-77(80)71-68-65-62-59-56-53-50-46-29-26-23-20-17-14-11-8-5-2/h74H,4-73H2,1-3H3. The Balaban J connectivity index is 4.11. The quantitative estimate of drug-likeness (QED) is 0.0343. The lowest BCUT2D eigenvalue weighted by Gasteiger charge is -2.18. The van der Waals surface area contributed by atoms with Gasteiger partial charge in [-0.15, -0.1) is 0 Å². The second-order valence-electron chi connectivity index (χ2n) is 26.6. The number of carbonyl (C=O) groups excluding carboxylic acids is 3. The van der Waals surface area contributed by atoms with Crippen LogP contribution in [0.3, 0.4) is 0 Å². The van der Waals surface area contributed by atoms with Crippen molar-refractivity contribution in [2.75, 3.05) is 13.2 Å². The fraction of sp³-hybridized carbons (Fsp3) is 0.961. The highest BCUT2D eigenvalue weighted by molar-refractivity contribution is 5.71. The molecule has 0 aliphatic rings. The lowest BCUT2D eigenvalue weighted by molar-refractivity contribution is -0.167. The van der Waals surface area contributed by atoms with Gasteiger partial charge in [0.2, 0.25) is 0 Å². The minimum Gasteiger partial charge on any atom is -0.462 e. The molecular weight excluding hydrogens is 1020 g/mol. The Labute approximate surface area is 520 Å². The predicted octanol–water partition coefficient (Wildman–Crippen LogP) is 26.6. The summed E-state index contributed by atoms with van der Waals surface area (Å²) in [7, 11) is 0. The van der Waals surface area contributed by atoms with Crippen molar-refractivity contribution in [1.29, 1.82) is 0 Å². The van der Waals surface area contributed by atoms with Crippen LogP contribution in [-0.2, 0) is 28.6 Å². The molecule has 0 N–H and O–H groups in total. The molecule has 0 aromatic rings. The van der Waals surface area contributed by atoms with Gasteiger partial charge in [-0.2, -0.15) is 0 Å².